The van der Waals surface area contributed by atoms with Gasteiger partial charge in [-0.1, -0.05) is 33.6 Å². The number of nitrogens with one attached hydrogen (secondary N) is 1. The summed E-state index contributed by atoms with van der Waals surface area (Å²) in [6.45, 7) is 6.68. The van der Waals surface area contributed by atoms with Crippen molar-refractivity contribution in [3.05, 3.63) is 11.9 Å². The van der Waals surface area contributed by atoms with Crippen LogP contribution in [0.5, 0.6) is 5.88 Å². The van der Waals surface area contributed by atoms with Gasteiger partial charge in [-0.2, -0.15) is 4.98 Å². The molecular weight excluding hydrogens is 250 g/mol. The zero-order chi connectivity index (χ0) is 14.5. The van der Waals surface area contributed by atoms with Crippen molar-refractivity contribution in [1.29, 1.82) is 0 Å². The quantitative estimate of drug-likeness (QED) is 0.892. The van der Waals surface area contributed by atoms with Crippen LogP contribution in [-0.4, -0.2) is 23.1 Å². The number of nitrogens with zero attached hydrogens (tertiary/aromatic N) is 2. The number of methoxy groups -OCH3 is 1. The maximum Gasteiger partial charge on any atom is 0.218 e. The topological polar surface area (TPSA) is 47.0 Å². The Morgan fingerprint density at radius 1 is 1.30 bits per heavy atom. The molecule has 2 rings (SSSR count). The van der Waals surface area contributed by atoms with Crippen molar-refractivity contribution in [1.82, 2.24) is 9.97 Å². The molecule has 1 fully saturated rings. The van der Waals surface area contributed by atoms with E-state index in [-0.39, 0.29) is 0 Å². The lowest BCUT2D eigenvalue weighted by Gasteiger charge is -2.30. The van der Waals surface area contributed by atoms with E-state index in [1.807, 2.05) is 6.07 Å². The molecule has 4 heteroatoms. The molecule has 112 valence electrons. The van der Waals surface area contributed by atoms with Gasteiger partial charge >= 0.3 is 0 Å². The van der Waals surface area contributed by atoms with Gasteiger partial charge in [0, 0.05) is 18.5 Å². The Balaban J connectivity index is 2.13. The normalized spacial score (nSPS) is 22.9. The van der Waals surface area contributed by atoms with Gasteiger partial charge in [0.2, 0.25) is 5.88 Å². The predicted molar refractivity (Wildman–Crippen MR) is 82.2 cm³/mol. The summed E-state index contributed by atoms with van der Waals surface area (Å²) in [4.78, 5) is 9.08. The minimum Gasteiger partial charge on any atom is -0.481 e. The number of anilines is 1. The molecule has 1 aromatic heterocycles. The molecule has 0 amide bonds. The highest BCUT2D eigenvalue weighted by molar-refractivity contribution is 5.39. The smallest absolute Gasteiger partial charge is 0.218 e. The van der Waals surface area contributed by atoms with Gasteiger partial charge < -0.3 is 10.1 Å². The van der Waals surface area contributed by atoms with Crippen LogP contribution >= 0.6 is 0 Å². The van der Waals surface area contributed by atoms with Gasteiger partial charge in [-0.25, -0.2) is 4.98 Å². The SMILES string of the molecule is COc1cc(NC2CCCCC2C)nc(CC(C)C)n1. The fourth-order valence-electron chi connectivity index (χ4n) is 2.83. The Morgan fingerprint density at radius 3 is 2.70 bits per heavy atom. The molecule has 1 saturated carbocycles. The summed E-state index contributed by atoms with van der Waals surface area (Å²) in [5, 5.41) is 3.59. The summed E-state index contributed by atoms with van der Waals surface area (Å²) in [5.74, 6) is 3.68. The predicted octanol–water partition coefficient (Wildman–Crippen LogP) is 3.67. The molecule has 0 radical (unpaired) electrons. The maximum absolute atomic E-state index is 5.30. The van der Waals surface area contributed by atoms with Gasteiger partial charge in [-0.05, 0) is 24.7 Å². The molecule has 0 spiro atoms. The maximum atomic E-state index is 5.30. The van der Waals surface area contributed by atoms with E-state index in [0.29, 0.717) is 23.8 Å². The Bertz CT molecular complexity index is 434. The lowest BCUT2D eigenvalue weighted by Crippen LogP contribution is -2.30. The molecular formula is C16H27N3O. The molecule has 4 nitrogen and oxygen atoms in total. The van der Waals surface area contributed by atoms with E-state index < -0.39 is 0 Å². The summed E-state index contributed by atoms with van der Waals surface area (Å²) < 4.78 is 5.30. The minimum absolute atomic E-state index is 0.523. The van der Waals surface area contributed by atoms with E-state index in [1.54, 1.807) is 7.11 Å². The molecule has 0 bridgehead atoms. The monoisotopic (exact) mass is 277 g/mol. The van der Waals surface area contributed by atoms with Crippen molar-refractivity contribution in [3.8, 4) is 5.88 Å². The van der Waals surface area contributed by atoms with Gasteiger partial charge in [-0.3, -0.25) is 0 Å². The molecule has 1 N–H and O–H groups in total. The summed E-state index contributed by atoms with van der Waals surface area (Å²) in [7, 11) is 1.66. The van der Waals surface area contributed by atoms with Gasteiger partial charge in [0.25, 0.3) is 0 Å². The summed E-state index contributed by atoms with van der Waals surface area (Å²) in [5.41, 5.74) is 0. The Morgan fingerprint density at radius 2 is 2.05 bits per heavy atom. The number of hydrogen-bond donors (Lipinski definition) is 1. The second kappa shape index (κ2) is 6.91. The van der Waals surface area contributed by atoms with Crippen LogP contribution in [0, 0.1) is 11.8 Å². The fraction of sp³-hybridized carbons (Fsp3) is 0.750. The van der Waals surface area contributed by atoms with Crippen molar-refractivity contribution in [2.45, 2.75) is 58.9 Å². The van der Waals surface area contributed by atoms with Crippen molar-refractivity contribution in [3.63, 3.8) is 0 Å². The third kappa shape index (κ3) is 4.09. The largest absolute Gasteiger partial charge is 0.481 e. The lowest BCUT2D eigenvalue weighted by atomic mass is 9.86. The van der Waals surface area contributed by atoms with Gasteiger partial charge in [0.1, 0.15) is 11.6 Å². The Labute approximate surface area is 122 Å². The van der Waals surface area contributed by atoms with E-state index in [2.05, 4.69) is 36.1 Å². The number of rotatable bonds is 5. The standard InChI is InChI=1S/C16H27N3O/c1-11(2)9-14-18-15(10-16(19-14)20-4)17-13-8-6-5-7-12(13)3/h10-13H,5-9H2,1-4H3,(H,17,18,19). The van der Waals surface area contributed by atoms with Crippen molar-refractivity contribution in [2.24, 2.45) is 11.8 Å². The lowest BCUT2D eigenvalue weighted by molar-refractivity contribution is 0.348. The van der Waals surface area contributed by atoms with E-state index in [9.17, 15) is 0 Å². The molecule has 20 heavy (non-hydrogen) atoms. The zero-order valence-electron chi connectivity index (χ0n) is 13.1. The minimum atomic E-state index is 0.523. The highest BCUT2D eigenvalue weighted by Crippen LogP contribution is 2.27. The van der Waals surface area contributed by atoms with Crippen LogP contribution in [0.25, 0.3) is 0 Å². The van der Waals surface area contributed by atoms with E-state index in [0.717, 1.165) is 18.1 Å². The molecule has 2 unspecified atom stereocenters. The first-order chi connectivity index (χ1) is 9.58. The highest BCUT2D eigenvalue weighted by atomic mass is 16.5. The molecule has 0 aromatic carbocycles. The van der Waals surface area contributed by atoms with Gasteiger partial charge in [0.05, 0.1) is 7.11 Å². The first kappa shape index (κ1) is 15.1. The third-order valence-corrected chi connectivity index (χ3v) is 3.99. The van der Waals surface area contributed by atoms with Crippen LogP contribution in [0.15, 0.2) is 6.07 Å². The molecule has 1 aliphatic carbocycles. The van der Waals surface area contributed by atoms with Crippen LogP contribution < -0.4 is 10.1 Å². The van der Waals surface area contributed by atoms with E-state index in [1.165, 1.54) is 25.7 Å². The van der Waals surface area contributed by atoms with Crippen molar-refractivity contribution >= 4 is 5.82 Å². The second-order valence-corrected chi connectivity index (χ2v) is 6.32. The summed E-state index contributed by atoms with van der Waals surface area (Å²) in [6, 6.07) is 2.43. The molecule has 1 aromatic rings. The van der Waals surface area contributed by atoms with Crippen LogP contribution in [0.4, 0.5) is 5.82 Å². The fourth-order valence-corrected chi connectivity index (χ4v) is 2.83. The molecule has 1 aliphatic rings. The first-order valence-corrected chi connectivity index (χ1v) is 7.77. The molecule has 0 aliphatic heterocycles. The Kier molecular flexibility index (Phi) is 5.21. The average molecular weight is 277 g/mol. The summed E-state index contributed by atoms with van der Waals surface area (Å²) in [6.07, 6.45) is 6.08. The van der Waals surface area contributed by atoms with Gasteiger partial charge in [-0.15, -0.1) is 0 Å². The van der Waals surface area contributed by atoms with Crippen LogP contribution in [0.2, 0.25) is 0 Å². The van der Waals surface area contributed by atoms with Crippen molar-refractivity contribution in [2.75, 3.05) is 12.4 Å². The molecule has 2 atom stereocenters. The highest BCUT2D eigenvalue weighted by Gasteiger charge is 2.21. The second-order valence-electron chi connectivity index (χ2n) is 6.32. The molecule has 1 heterocycles. The molecule has 0 saturated heterocycles. The third-order valence-electron chi connectivity index (χ3n) is 3.99. The average Bonchev–Trinajstić information content (AvgIpc) is 2.40. The Hall–Kier alpha value is -1.32. The van der Waals surface area contributed by atoms with E-state index >= 15 is 0 Å². The number of aromatic nitrogens is 2. The van der Waals surface area contributed by atoms with E-state index in [4.69, 9.17) is 4.74 Å². The zero-order valence-corrected chi connectivity index (χ0v) is 13.1. The summed E-state index contributed by atoms with van der Waals surface area (Å²) >= 11 is 0. The van der Waals surface area contributed by atoms with Gasteiger partial charge in [0.15, 0.2) is 0 Å². The number of ether oxygens (including phenoxy) is 1. The van der Waals surface area contributed by atoms with Crippen molar-refractivity contribution < 1.29 is 4.74 Å². The first-order valence-electron chi connectivity index (χ1n) is 7.77. The van der Waals surface area contributed by atoms with Crippen LogP contribution in [-0.2, 0) is 6.42 Å². The van der Waals surface area contributed by atoms with Crippen LogP contribution in [0.3, 0.4) is 0 Å². The number of hydrogen-bond acceptors (Lipinski definition) is 4. The van der Waals surface area contributed by atoms with Crippen LogP contribution in [0.1, 0.15) is 52.3 Å².